The molecule has 0 aliphatic carbocycles. The third kappa shape index (κ3) is 6.47. The van der Waals surface area contributed by atoms with Gasteiger partial charge in [0.1, 0.15) is 0 Å². The lowest BCUT2D eigenvalue weighted by atomic mass is 9.95. The van der Waals surface area contributed by atoms with E-state index in [4.69, 9.17) is 26.9 Å². The minimum atomic E-state index is -3.55. The fraction of sp³-hybridized carbons (Fsp3) is 0.333. The molecule has 188 valence electrons. The number of carboxylic acids is 2. The van der Waals surface area contributed by atoms with Crippen molar-refractivity contribution in [2.45, 2.75) is 29.8 Å². The number of β-amino-alcohol motifs (C(OH)–C–C–N with tert-alkyl or cyclic N) is 1. The highest BCUT2D eigenvalue weighted by Gasteiger charge is 2.47. The zero-order valence-corrected chi connectivity index (χ0v) is 20.4. The minimum Gasteiger partial charge on any atom is -0.478 e. The number of fused-ring (bicyclic) bond motifs is 1. The molecule has 1 saturated heterocycles. The van der Waals surface area contributed by atoms with Crippen LogP contribution < -0.4 is 0 Å². The topological polar surface area (TPSA) is 135 Å². The van der Waals surface area contributed by atoms with Crippen LogP contribution in [0.2, 0.25) is 5.02 Å². The summed E-state index contributed by atoms with van der Waals surface area (Å²) in [5.41, 5.74) is 1.77. The maximum absolute atomic E-state index is 13.4. The molecule has 0 amide bonds. The van der Waals surface area contributed by atoms with Gasteiger partial charge >= 0.3 is 11.9 Å². The van der Waals surface area contributed by atoms with Crippen LogP contribution in [-0.2, 0) is 19.6 Å². The summed E-state index contributed by atoms with van der Waals surface area (Å²) in [5.74, 6) is -2.51. The largest absolute Gasteiger partial charge is 0.478 e. The molecule has 2 aromatic carbocycles. The summed E-state index contributed by atoms with van der Waals surface area (Å²) < 4.78 is 28.5. The summed E-state index contributed by atoms with van der Waals surface area (Å²) in [5, 5.41) is 25.4. The Balaban J connectivity index is 0.000000371. The summed E-state index contributed by atoms with van der Waals surface area (Å²) in [6.07, 6.45) is 2.64. The van der Waals surface area contributed by atoms with Crippen molar-refractivity contribution in [3.63, 3.8) is 0 Å². The summed E-state index contributed by atoms with van der Waals surface area (Å²) in [6, 6.07) is 14.4. The first-order valence-electron chi connectivity index (χ1n) is 11.0. The summed E-state index contributed by atoms with van der Waals surface area (Å²) >= 11 is 6.05. The minimum absolute atomic E-state index is 0.0574. The van der Waals surface area contributed by atoms with Gasteiger partial charge in [0.05, 0.1) is 17.5 Å². The summed E-state index contributed by atoms with van der Waals surface area (Å²) in [7, 11) is -3.55. The molecule has 2 aliphatic heterocycles. The van der Waals surface area contributed by atoms with E-state index >= 15 is 0 Å². The Bertz CT molecular complexity index is 1160. The van der Waals surface area contributed by atoms with Gasteiger partial charge in [-0.15, -0.1) is 0 Å². The molecule has 0 radical (unpaired) electrons. The Morgan fingerprint density at radius 2 is 1.54 bits per heavy atom. The predicted molar refractivity (Wildman–Crippen MR) is 130 cm³/mol. The first-order valence-corrected chi connectivity index (χ1v) is 12.8. The first kappa shape index (κ1) is 26.8. The van der Waals surface area contributed by atoms with Gasteiger partial charge in [-0.3, -0.25) is 0 Å². The number of piperidine rings is 1. The molecular weight excluding hydrogens is 496 g/mol. The number of rotatable bonds is 6. The van der Waals surface area contributed by atoms with Crippen LogP contribution in [0.1, 0.15) is 30.0 Å². The van der Waals surface area contributed by atoms with Crippen molar-refractivity contribution in [3.05, 3.63) is 76.8 Å². The quantitative estimate of drug-likeness (QED) is 0.493. The van der Waals surface area contributed by atoms with Crippen molar-refractivity contribution in [2.75, 3.05) is 26.2 Å². The molecule has 2 heterocycles. The zero-order chi connectivity index (χ0) is 25.6. The number of halogens is 1. The predicted octanol–water partition coefficient (Wildman–Crippen LogP) is 2.60. The van der Waals surface area contributed by atoms with Crippen molar-refractivity contribution in [1.29, 1.82) is 0 Å². The van der Waals surface area contributed by atoms with Gasteiger partial charge in [-0.25, -0.2) is 18.0 Å². The second-order valence-electron chi connectivity index (χ2n) is 8.13. The number of hydrogen-bond donors (Lipinski definition) is 3. The van der Waals surface area contributed by atoms with Crippen LogP contribution in [0.5, 0.6) is 0 Å². The van der Waals surface area contributed by atoms with Crippen LogP contribution in [0.3, 0.4) is 0 Å². The number of benzene rings is 2. The third-order valence-electron chi connectivity index (χ3n) is 5.91. The Morgan fingerprint density at radius 1 is 0.971 bits per heavy atom. The van der Waals surface area contributed by atoms with Gasteiger partial charge < -0.3 is 20.2 Å². The van der Waals surface area contributed by atoms with Gasteiger partial charge in [0, 0.05) is 29.8 Å². The van der Waals surface area contributed by atoms with Gasteiger partial charge in [-0.05, 0) is 55.3 Å². The molecule has 0 spiro atoms. The van der Waals surface area contributed by atoms with Gasteiger partial charge in [0.15, 0.2) is 0 Å². The van der Waals surface area contributed by atoms with Gasteiger partial charge in [-0.2, -0.15) is 4.31 Å². The van der Waals surface area contributed by atoms with Crippen molar-refractivity contribution in [2.24, 2.45) is 0 Å². The van der Waals surface area contributed by atoms with Crippen molar-refractivity contribution in [3.8, 4) is 0 Å². The number of aliphatic carboxylic acids is 2. The zero-order valence-electron chi connectivity index (χ0n) is 18.8. The lowest BCUT2D eigenvalue weighted by molar-refractivity contribution is -0.134. The molecule has 0 aromatic heterocycles. The molecule has 9 nitrogen and oxygen atoms in total. The molecule has 35 heavy (non-hydrogen) atoms. The van der Waals surface area contributed by atoms with E-state index in [-0.39, 0.29) is 18.7 Å². The van der Waals surface area contributed by atoms with E-state index in [0.29, 0.717) is 28.6 Å². The number of carbonyl (C=O) groups is 2. The lowest BCUT2D eigenvalue weighted by Crippen LogP contribution is -2.47. The normalized spacial score (nSPS) is 20.2. The lowest BCUT2D eigenvalue weighted by Gasteiger charge is -2.38. The molecule has 0 saturated carbocycles. The molecule has 2 aromatic rings. The SMILES string of the molecule is O=C(O)/C=C\C(=O)O.O=S1(=O)c2ccccc2C(c2ccc(Cl)cc2)N1C1CCN(CCO)CC1. The Morgan fingerprint density at radius 3 is 2.09 bits per heavy atom. The molecule has 1 atom stereocenters. The Kier molecular flexibility index (Phi) is 9.03. The van der Waals surface area contributed by atoms with E-state index in [0.717, 1.165) is 37.1 Å². The van der Waals surface area contributed by atoms with Crippen LogP contribution in [0.15, 0.2) is 65.6 Å². The molecule has 3 N–H and O–H groups in total. The summed E-state index contributed by atoms with van der Waals surface area (Å²) in [6.45, 7) is 2.35. The molecule has 11 heteroatoms. The van der Waals surface area contributed by atoms with E-state index < -0.39 is 22.0 Å². The van der Waals surface area contributed by atoms with E-state index in [1.807, 2.05) is 36.4 Å². The Hall–Kier alpha value is -2.76. The number of hydrogen-bond acceptors (Lipinski definition) is 6. The fourth-order valence-corrected chi connectivity index (χ4v) is 6.59. The molecule has 2 aliphatic rings. The fourth-order valence-electron chi connectivity index (χ4n) is 4.39. The number of aliphatic hydroxyl groups excluding tert-OH is 1. The van der Waals surface area contributed by atoms with Gasteiger partial charge in [-0.1, -0.05) is 41.9 Å². The molecular formula is C24H27ClN2O7S. The maximum Gasteiger partial charge on any atom is 0.328 e. The second-order valence-corrected chi connectivity index (χ2v) is 10.4. The summed E-state index contributed by atoms with van der Waals surface area (Å²) in [4.78, 5) is 21.7. The third-order valence-corrected chi connectivity index (χ3v) is 8.15. The maximum atomic E-state index is 13.4. The molecule has 4 rings (SSSR count). The number of likely N-dealkylation sites (tertiary alicyclic amines) is 1. The number of sulfonamides is 1. The highest BCUT2D eigenvalue weighted by Crippen LogP contribution is 2.46. The number of carboxylic acid groups (broad SMARTS) is 2. The highest BCUT2D eigenvalue weighted by atomic mass is 35.5. The van der Waals surface area contributed by atoms with Crippen LogP contribution >= 0.6 is 11.6 Å². The molecule has 1 unspecified atom stereocenters. The van der Waals surface area contributed by atoms with Crippen molar-refractivity contribution in [1.82, 2.24) is 9.21 Å². The van der Waals surface area contributed by atoms with Crippen molar-refractivity contribution < 1.29 is 33.3 Å². The van der Waals surface area contributed by atoms with E-state index in [1.165, 1.54) is 0 Å². The molecule has 0 bridgehead atoms. The average molecular weight is 523 g/mol. The molecule has 1 fully saturated rings. The van der Waals surface area contributed by atoms with Gasteiger partial charge in [0.2, 0.25) is 10.0 Å². The average Bonchev–Trinajstić information content (AvgIpc) is 3.07. The van der Waals surface area contributed by atoms with Crippen LogP contribution in [-0.4, -0.2) is 77.2 Å². The van der Waals surface area contributed by atoms with Crippen LogP contribution in [0, 0.1) is 0 Å². The first-order chi connectivity index (χ1) is 16.6. The van der Waals surface area contributed by atoms with Crippen LogP contribution in [0.4, 0.5) is 0 Å². The highest BCUT2D eigenvalue weighted by molar-refractivity contribution is 7.89. The van der Waals surface area contributed by atoms with Crippen LogP contribution in [0.25, 0.3) is 0 Å². The smallest absolute Gasteiger partial charge is 0.328 e. The van der Waals surface area contributed by atoms with Gasteiger partial charge in [0.25, 0.3) is 0 Å². The number of nitrogens with zero attached hydrogens (tertiary/aromatic N) is 2. The van der Waals surface area contributed by atoms with Crippen molar-refractivity contribution >= 4 is 33.6 Å². The number of aliphatic hydroxyl groups is 1. The standard InChI is InChI=1S/C20H23ClN2O3S.C4H4O4/c21-16-7-5-15(6-8-16)20-18-3-1-2-4-19(18)27(25,26)23(20)17-9-11-22(12-10-17)13-14-24;5-3(6)1-2-4(7)8/h1-8,17,20,24H,9-14H2;1-2H,(H,5,6)(H,7,8)/b;2-1-. The second kappa shape index (κ2) is 11.8. The monoisotopic (exact) mass is 522 g/mol. The Labute approximate surface area is 208 Å². The van der Waals surface area contributed by atoms with E-state index in [9.17, 15) is 18.0 Å². The van der Waals surface area contributed by atoms with E-state index in [1.54, 1.807) is 16.4 Å². The van der Waals surface area contributed by atoms with E-state index in [2.05, 4.69) is 4.90 Å².